The Morgan fingerprint density at radius 1 is 1.50 bits per heavy atom. The maximum atomic E-state index is 11.1. The summed E-state index contributed by atoms with van der Waals surface area (Å²) in [6, 6.07) is 0. The largest absolute Gasteiger partial charge is 0.298 e. The lowest BCUT2D eigenvalue weighted by atomic mass is 10.1. The SMILES string of the molecule is C=C1CCN(CC(=O)CC)CC1. The van der Waals surface area contributed by atoms with Crippen molar-refractivity contribution in [1.82, 2.24) is 4.90 Å². The Hall–Kier alpha value is -0.630. The Bertz CT molecular complexity index is 176. The number of hydrogen-bond donors (Lipinski definition) is 0. The first-order valence-electron chi connectivity index (χ1n) is 4.63. The molecule has 0 amide bonds. The van der Waals surface area contributed by atoms with Crippen molar-refractivity contribution in [1.29, 1.82) is 0 Å². The molecule has 0 N–H and O–H groups in total. The fourth-order valence-electron chi connectivity index (χ4n) is 1.39. The Morgan fingerprint density at radius 3 is 2.58 bits per heavy atom. The molecular weight excluding hydrogens is 150 g/mol. The molecule has 0 aromatic rings. The molecule has 0 spiro atoms. The van der Waals surface area contributed by atoms with E-state index in [2.05, 4.69) is 11.5 Å². The highest BCUT2D eigenvalue weighted by Crippen LogP contribution is 2.13. The molecular formula is C10H17NO. The van der Waals surface area contributed by atoms with Crippen molar-refractivity contribution < 1.29 is 4.79 Å². The monoisotopic (exact) mass is 167 g/mol. The molecule has 1 rings (SSSR count). The number of Topliss-reactive ketones (excluding diaryl/α,β-unsaturated/α-hetero) is 1. The summed E-state index contributed by atoms with van der Waals surface area (Å²) < 4.78 is 0. The summed E-state index contributed by atoms with van der Waals surface area (Å²) in [6.45, 7) is 8.54. The average Bonchev–Trinajstić information content (AvgIpc) is 2.09. The molecule has 0 radical (unpaired) electrons. The summed E-state index contributed by atoms with van der Waals surface area (Å²) in [4.78, 5) is 13.3. The van der Waals surface area contributed by atoms with Crippen LogP contribution < -0.4 is 0 Å². The maximum absolute atomic E-state index is 11.1. The van der Waals surface area contributed by atoms with Gasteiger partial charge >= 0.3 is 0 Å². The lowest BCUT2D eigenvalue weighted by Gasteiger charge is -2.26. The van der Waals surface area contributed by atoms with Gasteiger partial charge in [-0.15, -0.1) is 0 Å². The number of carbonyl (C=O) groups is 1. The van der Waals surface area contributed by atoms with Gasteiger partial charge in [-0.2, -0.15) is 0 Å². The van der Waals surface area contributed by atoms with Gasteiger partial charge in [-0.3, -0.25) is 9.69 Å². The molecule has 0 unspecified atom stereocenters. The van der Waals surface area contributed by atoms with Crippen molar-refractivity contribution in [3.8, 4) is 0 Å². The van der Waals surface area contributed by atoms with Gasteiger partial charge in [0.1, 0.15) is 5.78 Å². The van der Waals surface area contributed by atoms with Gasteiger partial charge in [0.25, 0.3) is 0 Å². The van der Waals surface area contributed by atoms with Crippen LogP contribution in [0.4, 0.5) is 0 Å². The van der Waals surface area contributed by atoms with Gasteiger partial charge in [0, 0.05) is 19.5 Å². The Morgan fingerprint density at radius 2 is 2.08 bits per heavy atom. The Kier molecular flexibility index (Phi) is 3.48. The van der Waals surface area contributed by atoms with Crippen LogP contribution in [0.2, 0.25) is 0 Å². The quantitative estimate of drug-likeness (QED) is 0.595. The summed E-state index contributed by atoms with van der Waals surface area (Å²) in [5.74, 6) is 0.350. The highest BCUT2D eigenvalue weighted by molar-refractivity contribution is 5.80. The first-order chi connectivity index (χ1) is 5.72. The van der Waals surface area contributed by atoms with Gasteiger partial charge in [0.05, 0.1) is 6.54 Å². The second-order valence-corrected chi connectivity index (χ2v) is 3.42. The summed E-state index contributed by atoms with van der Waals surface area (Å²) in [6.07, 6.45) is 2.80. The molecule has 68 valence electrons. The summed E-state index contributed by atoms with van der Waals surface area (Å²) in [5, 5.41) is 0. The first kappa shape index (κ1) is 9.46. The smallest absolute Gasteiger partial charge is 0.146 e. The fraction of sp³-hybridized carbons (Fsp3) is 0.700. The van der Waals surface area contributed by atoms with E-state index >= 15 is 0 Å². The number of rotatable bonds is 3. The predicted molar refractivity (Wildman–Crippen MR) is 50.1 cm³/mol. The normalized spacial score (nSPS) is 19.6. The molecule has 12 heavy (non-hydrogen) atoms. The highest BCUT2D eigenvalue weighted by atomic mass is 16.1. The molecule has 1 saturated heterocycles. The van der Waals surface area contributed by atoms with E-state index in [1.807, 2.05) is 6.92 Å². The number of carbonyl (C=O) groups excluding carboxylic acids is 1. The summed E-state index contributed by atoms with van der Waals surface area (Å²) in [5.41, 5.74) is 1.33. The lowest BCUT2D eigenvalue weighted by Crippen LogP contribution is -2.34. The van der Waals surface area contributed by atoms with Crippen LogP contribution in [0.25, 0.3) is 0 Å². The van der Waals surface area contributed by atoms with Gasteiger partial charge in [-0.25, -0.2) is 0 Å². The van der Waals surface area contributed by atoms with E-state index in [9.17, 15) is 4.79 Å². The fourth-order valence-corrected chi connectivity index (χ4v) is 1.39. The lowest BCUT2D eigenvalue weighted by molar-refractivity contribution is -0.120. The maximum Gasteiger partial charge on any atom is 0.146 e. The third-order valence-electron chi connectivity index (χ3n) is 2.36. The van der Waals surface area contributed by atoms with Gasteiger partial charge in [-0.1, -0.05) is 19.1 Å². The third-order valence-corrected chi connectivity index (χ3v) is 2.36. The van der Waals surface area contributed by atoms with Crippen LogP contribution in [0.1, 0.15) is 26.2 Å². The second-order valence-electron chi connectivity index (χ2n) is 3.42. The molecule has 0 bridgehead atoms. The number of hydrogen-bond acceptors (Lipinski definition) is 2. The predicted octanol–water partition coefficient (Wildman–Crippen LogP) is 1.62. The van der Waals surface area contributed by atoms with Gasteiger partial charge < -0.3 is 0 Å². The van der Waals surface area contributed by atoms with E-state index in [1.54, 1.807) is 0 Å². The molecule has 2 heteroatoms. The van der Waals surface area contributed by atoms with E-state index in [0.29, 0.717) is 18.7 Å². The van der Waals surface area contributed by atoms with Crippen molar-refractivity contribution in [3.05, 3.63) is 12.2 Å². The van der Waals surface area contributed by atoms with Crippen molar-refractivity contribution >= 4 is 5.78 Å². The van der Waals surface area contributed by atoms with Crippen LogP contribution in [0.5, 0.6) is 0 Å². The number of ketones is 1. The molecule has 0 aromatic carbocycles. The zero-order valence-corrected chi connectivity index (χ0v) is 7.81. The number of piperidine rings is 1. The van der Waals surface area contributed by atoms with Crippen molar-refractivity contribution in [2.45, 2.75) is 26.2 Å². The van der Waals surface area contributed by atoms with Crippen LogP contribution in [0.15, 0.2) is 12.2 Å². The molecule has 0 aliphatic carbocycles. The molecule has 1 fully saturated rings. The topological polar surface area (TPSA) is 20.3 Å². The molecule has 2 nitrogen and oxygen atoms in total. The molecule has 1 aliphatic heterocycles. The van der Waals surface area contributed by atoms with Gasteiger partial charge in [0.2, 0.25) is 0 Å². The van der Waals surface area contributed by atoms with Crippen LogP contribution >= 0.6 is 0 Å². The van der Waals surface area contributed by atoms with Crippen molar-refractivity contribution in [2.75, 3.05) is 19.6 Å². The van der Waals surface area contributed by atoms with Crippen LogP contribution in [0.3, 0.4) is 0 Å². The van der Waals surface area contributed by atoms with E-state index in [-0.39, 0.29) is 0 Å². The van der Waals surface area contributed by atoms with E-state index < -0.39 is 0 Å². The third kappa shape index (κ3) is 2.78. The molecule has 0 atom stereocenters. The second kappa shape index (κ2) is 4.41. The minimum absolute atomic E-state index is 0.350. The Balaban J connectivity index is 2.26. The van der Waals surface area contributed by atoms with Crippen molar-refractivity contribution in [2.24, 2.45) is 0 Å². The summed E-state index contributed by atoms with van der Waals surface area (Å²) in [7, 11) is 0. The van der Waals surface area contributed by atoms with Gasteiger partial charge in [-0.05, 0) is 12.8 Å². The minimum Gasteiger partial charge on any atom is -0.298 e. The molecule has 1 heterocycles. The summed E-state index contributed by atoms with van der Waals surface area (Å²) >= 11 is 0. The molecule has 0 saturated carbocycles. The van der Waals surface area contributed by atoms with Gasteiger partial charge in [0.15, 0.2) is 0 Å². The zero-order valence-electron chi connectivity index (χ0n) is 7.81. The van der Waals surface area contributed by atoms with E-state index in [0.717, 1.165) is 25.9 Å². The van der Waals surface area contributed by atoms with Crippen LogP contribution in [-0.4, -0.2) is 30.3 Å². The standard InChI is InChI=1S/C10H17NO/c1-3-10(12)8-11-6-4-9(2)5-7-11/h2-8H2,1H3. The first-order valence-corrected chi connectivity index (χ1v) is 4.63. The minimum atomic E-state index is 0.350. The average molecular weight is 167 g/mol. The number of nitrogens with zero attached hydrogens (tertiary/aromatic N) is 1. The van der Waals surface area contributed by atoms with E-state index in [1.165, 1.54) is 5.57 Å². The molecule has 0 aromatic heterocycles. The molecule has 1 aliphatic rings. The highest BCUT2D eigenvalue weighted by Gasteiger charge is 2.14. The Labute approximate surface area is 74.2 Å². The van der Waals surface area contributed by atoms with Crippen LogP contribution in [-0.2, 0) is 4.79 Å². The van der Waals surface area contributed by atoms with Crippen molar-refractivity contribution in [3.63, 3.8) is 0 Å². The zero-order chi connectivity index (χ0) is 8.97. The van der Waals surface area contributed by atoms with E-state index in [4.69, 9.17) is 0 Å². The number of likely N-dealkylation sites (tertiary alicyclic amines) is 1. The van der Waals surface area contributed by atoms with Crippen LogP contribution in [0, 0.1) is 0 Å².